The zero-order valence-corrected chi connectivity index (χ0v) is 24.1. The second kappa shape index (κ2) is 11.7. The molecule has 11 nitrogen and oxygen atoms in total. The number of carbonyl (C=O) groups is 1. The van der Waals surface area contributed by atoms with Gasteiger partial charge in [0.15, 0.2) is 5.69 Å². The lowest BCUT2D eigenvalue weighted by atomic mass is 10.0. The Labute approximate surface area is 257 Å². The van der Waals surface area contributed by atoms with Crippen LogP contribution in [0.15, 0.2) is 82.3 Å². The number of ether oxygens (including phenoxy) is 1. The first-order valence-corrected chi connectivity index (χ1v) is 14.7. The number of aromatic nitrogens is 4. The van der Waals surface area contributed by atoms with E-state index in [1.165, 1.54) is 17.4 Å². The van der Waals surface area contributed by atoms with Crippen molar-refractivity contribution in [3.05, 3.63) is 89.7 Å². The van der Waals surface area contributed by atoms with Crippen LogP contribution < -0.4 is 15.5 Å². The van der Waals surface area contributed by atoms with Crippen LogP contribution in [0.5, 0.6) is 0 Å². The van der Waals surface area contributed by atoms with E-state index in [-0.39, 0.29) is 11.9 Å². The largest absolute Gasteiger partial charge is 0.433 e. The summed E-state index contributed by atoms with van der Waals surface area (Å²) < 4.78 is 50.7. The molecule has 0 spiro atoms. The fourth-order valence-corrected chi connectivity index (χ4v) is 6.02. The molecule has 5 heterocycles. The third-order valence-electron chi connectivity index (χ3n) is 7.09. The number of aliphatic imine (C=N–C) groups is 1. The van der Waals surface area contributed by atoms with Crippen LogP contribution in [0.25, 0.3) is 22.2 Å². The monoisotopic (exact) mass is 632 g/mol. The zero-order valence-electron chi connectivity index (χ0n) is 23.3. The molecule has 2 aliphatic heterocycles. The van der Waals surface area contributed by atoms with E-state index in [1.807, 2.05) is 53.4 Å². The normalized spacial score (nSPS) is 16.9. The first kappa shape index (κ1) is 28.6. The Morgan fingerprint density at radius 2 is 1.73 bits per heavy atom. The van der Waals surface area contributed by atoms with Crippen molar-refractivity contribution in [1.29, 1.82) is 0 Å². The number of carbonyl (C=O) groups excluding carboxylic acids is 1. The molecule has 1 saturated heterocycles. The number of morpholine rings is 1. The Bertz CT molecular complexity index is 1870. The Morgan fingerprint density at radius 1 is 0.956 bits per heavy atom. The summed E-state index contributed by atoms with van der Waals surface area (Å²) in [5.41, 5.74) is 2.56. The summed E-state index contributed by atoms with van der Waals surface area (Å²) in [4.78, 5) is 28.3. The lowest BCUT2D eigenvalue weighted by molar-refractivity contribution is -0.141. The average Bonchev–Trinajstić information content (AvgIpc) is 3.68. The number of hydrogen-bond acceptors (Lipinski definition) is 11. The maximum absolute atomic E-state index is 13.3. The van der Waals surface area contributed by atoms with Crippen LogP contribution in [0.1, 0.15) is 16.8 Å². The predicted molar refractivity (Wildman–Crippen MR) is 161 cm³/mol. The average molecular weight is 633 g/mol. The molecule has 45 heavy (non-hydrogen) atoms. The molecule has 1 atom stereocenters. The maximum Gasteiger partial charge on any atom is 0.433 e. The number of para-hydroxylation sites is 1. The van der Waals surface area contributed by atoms with E-state index >= 15 is 0 Å². The molecule has 7 rings (SSSR count). The van der Waals surface area contributed by atoms with Gasteiger partial charge >= 0.3 is 12.2 Å². The predicted octanol–water partition coefficient (Wildman–Crippen LogP) is 5.34. The minimum atomic E-state index is -4.55. The SMILES string of the molecule is O=C1Nc2ccccc2C(c2ccccc2)=N[C@@H]1Nc1nnc(-c2nc(-c3ccc(C(F)(F)F)nc3)sc2N2CCOCC2)o1. The highest BCUT2D eigenvalue weighted by atomic mass is 32.1. The zero-order chi connectivity index (χ0) is 31.0. The molecule has 0 radical (unpaired) electrons. The quantitative estimate of drug-likeness (QED) is 0.255. The first-order valence-electron chi connectivity index (χ1n) is 13.8. The number of benzene rings is 2. The summed E-state index contributed by atoms with van der Waals surface area (Å²) in [6.07, 6.45) is -4.52. The van der Waals surface area contributed by atoms with Crippen molar-refractivity contribution in [3.63, 3.8) is 0 Å². The van der Waals surface area contributed by atoms with Crippen LogP contribution in [-0.4, -0.2) is 64.3 Å². The van der Waals surface area contributed by atoms with Gasteiger partial charge in [-0.3, -0.25) is 9.78 Å². The number of benzodiazepines with no additional fused rings is 1. The number of anilines is 3. The molecule has 0 unspecified atom stereocenters. The van der Waals surface area contributed by atoms with Crippen molar-refractivity contribution in [2.24, 2.45) is 4.99 Å². The number of amides is 1. The van der Waals surface area contributed by atoms with Crippen LogP contribution in [0, 0.1) is 0 Å². The number of nitrogens with zero attached hydrogens (tertiary/aromatic N) is 6. The Hall–Kier alpha value is -5.15. The fraction of sp³-hybridized carbons (Fsp3) is 0.200. The van der Waals surface area contributed by atoms with Gasteiger partial charge in [-0.15, -0.1) is 5.10 Å². The highest BCUT2D eigenvalue weighted by molar-refractivity contribution is 7.19. The number of pyridine rings is 1. The van der Waals surface area contributed by atoms with Crippen molar-refractivity contribution < 1.29 is 27.1 Å². The molecule has 0 saturated carbocycles. The minimum absolute atomic E-state index is 0.0611. The number of nitrogens with one attached hydrogen (secondary N) is 2. The summed E-state index contributed by atoms with van der Waals surface area (Å²) in [6.45, 7) is 2.12. The lowest BCUT2D eigenvalue weighted by Crippen LogP contribution is -2.35. The molecule has 5 aromatic rings. The molecular formula is C30H23F3N8O3S. The van der Waals surface area contributed by atoms with Crippen molar-refractivity contribution in [2.75, 3.05) is 41.8 Å². The van der Waals surface area contributed by atoms with Crippen molar-refractivity contribution in [3.8, 4) is 22.2 Å². The highest BCUT2D eigenvalue weighted by Crippen LogP contribution is 2.41. The van der Waals surface area contributed by atoms with Gasteiger partial charge in [-0.1, -0.05) is 65.0 Å². The topological polar surface area (TPSA) is 131 Å². The van der Waals surface area contributed by atoms with E-state index in [9.17, 15) is 18.0 Å². The van der Waals surface area contributed by atoms with Crippen molar-refractivity contribution in [1.82, 2.24) is 20.2 Å². The number of rotatable bonds is 6. The van der Waals surface area contributed by atoms with Crippen molar-refractivity contribution in [2.45, 2.75) is 12.3 Å². The summed E-state index contributed by atoms with van der Waals surface area (Å²) in [5.74, 6) is -0.362. The highest BCUT2D eigenvalue weighted by Gasteiger charge is 2.33. The number of hydrogen-bond donors (Lipinski definition) is 2. The van der Waals surface area contributed by atoms with Crippen molar-refractivity contribution >= 4 is 39.7 Å². The lowest BCUT2D eigenvalue weighted by Gasteiger charge is -2.27. The Morgan fingerprint density at radius 3 is 2.49 bits per heavy atom. The van der Waals surface area contributed by atoms with Crippen LogP contribution >= 0.6 is 11.3 Å². The molecule has 15 heteroatoms. The van der Waals surface area contributed by atoms with Gasteiger partial charge in [0, 0.05) is 36.0 Å². The van der Waals surface area contributed by atoms with E-state index in [2.05, 4.69) is 30.8 Å². The van der Waals surface area contributed by atoms with E-state index in [4.69, 9.17) is 14.1 Å². The Balaban J connectivity index is 1.21. The van der Waals surface area contributed by atoms with Gasteiger partial charge in [0.25, 0.3) is 11.8 Å². The Kier molecular flexibility index (Phi) is 7.47. The van der Waals surface area contributed by atoms with E-state index in [0.29, 0.717) is 59.0 Å². The summed E-state index contributed by atoms with van der Waals surface area (Å²) in [5, 5.41) is 15.3. The number of halogens is 3. The molecule has 0 aliphatic carbocycles. The summed E-state index contributed by atoms with van der Waals surface area (Å²) in [6, 6.07) is 19.1. The second-order valence-electron chi connectivity index (χ2n) is 10.0. The van der Waals surface area contributed by atoms with E-state index in [1.54, 1.807) is 6.07 Å². The van der Waals surface area contributed by atoms with Crippen LogP contribution in [-0.2, 0) is 15.7 Å². The summed E-state index contributed by atoms with van der Waals surface area (Å²) in [7, 11) is 0. The molecule has 3 aromatic heterocycles. The smallest absolute Gasteiger partial charge is 0.402 e. The number of alkyl halides is 3. The molecule has 1 amide bonds. The molecule has 2 aliphatic rings. The molecule has 0 bridgehead atoms. The minimum Gasteiger partial charge on any atom is -0.402 e. The molecule has 2 aromatic carbocycles. The van der Waals surface area contributed by atoms with Gasteiger partial charge in [-0.2, -0.15) is 13.2 Å². The molecular weight excluding hydrogens is 609 g/mol. The maximum atomic E-state index is 13.3. The van der Waals surface area contributed by atoms with Gasteiger partial charge in [0.05, 0.1) is 24.6 Å². The van der Waals surface area contributed by atoms with Gasteiger partial charge in [-0.05, 0) is 18.2 Å². The molecule has 228 valence electrons. The first-order chi connectivity index (χ1) is 21.8. The molecule has 2 N–H and O–H groups in total. The van der Waals surface area contributed by atoms with Gasteiger partial charge in [-0.25, -0.2) is 9.98 Å². The standard InChI is InChI=1S/C30H23F3N8O3S/c31-30(32,33)21-11-10-18(16-34-21)27-37-23(28(45-27)41-12-14-43-15-13-41)26-39-40-29(44-26)38-24-25(42)35-20-9-5-4-8-19(20)22(36-24)17-6-2-1-3-7-17/h1-11,16,24H,12-15H2,(H,35,42)(H,38,40)/t24-/m1/s1. The van der Waals surface area contributed by atoms with Crippen LogP contribution in [0.4, 0.5) is 29.9 Å². The molecule has 1 fully saturated rings. The third kappa shape index (κ3) is 5.86. The fourth-order valence-electron chi connectivity index (χ4n) is 4.92. The van der Waals surface area contributed by atoms with E-state index < -0.39 is 23.9 Å². The summed E-state index contributed by atoms with van der Waals surface area (Å²) >= 11 is 1.27. The van der Waals surface area contributed by atoms with Gasteiger partial charge < -0.3 is 24.7 Å². The van der Waals surface area contributed by atoms with Crippen LogP contribution in [0.2, 0.25) is 0 Å². The second-order valence-corrected chi connectivity index (χ2v) is 11.0. The van der Waals surface area contributed by atoms with Gasteiger partial charge in [0.1, 0.15) is 15.7 Å². The van der Waals surface area contributed by atoms with Gasteiger partial charge in [0.2, 0.25) is 6.17 Å². The van der Waals surface area contributed by atoms with E-state index in [0.717, 1.165) is 23.4 Å². The number of fused-ring (bicyclic) bond motifs is 1. The number of thiazole rings is 1. The van der Waals surface area contributed by atoms with Crippen LogP contribution in [0.3, 0.4) is 0 Å². The third-order valence-corrected chi connectivity index (χ3v) is 8.26.